The molecule has 0 spiro atoms. The first-order valence-electron chi connectivity index (χ1n) is 9.36. The lowest BCUT2D eigenvalue weighted by molar-refractivity contribution is -0.122. The highest BCUT2D eigenvalue weighted by molar-refractivity contribution is 5.97. The lowest BCUT2D eigenvalue weighted by Crippen LogP contribution is -2.42. The Labute approximate surface area is 159 Å². The molecular weight excluding hydrogens is 343 g/mol. The Hall–Kier alpha value is -2.53. The summed E-state index contributed by atoms with van der Waals surface area (Å²) in [5.74, 6) is -0.0527. The van der Waals surface area contributed by atoms with Gasteiger partial charge in [0, 0.05) is 18.0 Å². The van der Waals surface area contributed by atoms with E-state index in [1.165, 1.54) is 6.07 Å². The van der Waals surface area contributed by atoms with E-state index in [-0.39, 0.29) is 23.4 Å². The fourth-order valence-corrected chi connectivity index (χ4v) is 3.47. The van der Waals surface area contributed by atoms with E-state index >= 15 is 0 Å². The summed E-state index contributed by atoms with van der Waals surface area (Å²) < 4.78 is 13.3. The minimum Gasteiger partial charge on any atom is -0.351 e. The smallest absolute Gasteiger partial charge is 0.234 e. The first-order valence-corrected chi connectivity index (χ1v) is 9.36. The number of hydrogen-bond acceptors (Lipinski definition) is 3. The Morgan fingerprint density at radius 3 is 2.48 bits per heavy atom. The van der Waals surface area contributed by atoms with Gasteiger partial charge < -0.3 is 5.32 Å². The number of nitrogens with zero attached hydrogens (tertiary/aromatic N) is 1. The van der Waals surface area contributed by atoms with Gasteiger partial charge >= 0.3 is 0 Å². The highest BCUT2D eigenvalue weighted by Gasteiger charge is 2.26. The molecule has 1 heterocycles. The second kappa shape index (κ2) is 8.91. The summed E-state index contributed by atoms with van der Waals surface area (Å²) in [5.41, 5.74) is 2.23. The molecule has 1 N–H and O–H groups in total. The van der Waals surface area contributed by atoms with Crippen LogP contribution in [0.15, 0.2) is 48.5 Å². The van der Waals surface area contributed by atoms with Crippen LogP contribution < -0.4 is 5.32 Å². The Balaban J connectivity index is 1.42. The lowest BCUT2D eigenvalue weighted by Gasteiger charge is -2.30. The van der Waals surface area contributed by atoms with Gasteiger partial charge in [0.2, 0.25) is 5.91 Å². The molecule has 27 heavy (non-hydrogen) atoms. The van der Waals surface area contributed by atoms with Gasteiger partial charge in [-0.15, -0.1) is 0 Å². The number of halogens is 1. The van der Waals surface area contributed by atoms with E-state index in [9.17, 15) is 14.0 Å². The minimum absolute atomic E-state index is 0.0360. The van der Waals surface area contributed by atoms with Crippen LogP contribution in [0.4, 0.5) is 4.39 Å². The first kappa shape index (κ1) is 19.2. The second-order valence-electron chi connectivity index (χ2n) is 7.14. The molecule has 2 aromatic rings. The van der Waals surface area contributed by atoms with Crippen LogP contribution in [0.3, 0.4) is 0 Å². The molecule has 0 radical (unpaired) electrons. The number of rotatable bonds is 6. The van der Waals surface area contributed by atoms with Gasteiger partial charge in [-0.05, 0) is 50.0 Å². The van der Waals surface area contributed by atoms with Gasteiger partial charge in [0.1, 0.15) is 5.82 Å². The third-order valence-electron chi connectivity index (χ3n) is 5.10. The minimum atomic E-state index is -0.238. The normalized spacial score (nSPS) is 15.5. The van der Waals surface area contributed by atoms with Crippen LogP contribution in [0.25, 0.3) is 0 Å². The molecule has 1 aliphatic rings. The van der Waals surface area contributed by atoms with Crippen molar-refractivity contribution in [1.29, 1.82) is 0 Å². The number of benzene rings is 2. The summed E-state index contributed by atoms with van der Waals surface area (Å²) in [6, 6.07) is 14.2. The lowest BCUT2D eigenvalue weighted by atomic mass is 9.89. The van der Waals surface area contributed by atoms with E-state index in [2.05, 4.69) is 10.2 Å². The molecule has 0 aliphatic carbocycles. The van der Waals surface area contributed by atoms with E-state index in [4.69, 9.17) is 0 Å². The molecule has 0 aromatic heterocycles. The van der Waals surface area contributed by atoms with Crippen LogP contribution in [-0.2, 0) is 11.3 Å². The van der Waals surface area contributed by atoms with Gasteiger partial charge in [-0.3, -0.25) is 14.5 Å². The molecule has 1 amide bonds. The maximum absolute atomic E-state index is 13.3. The number of ketones is 1. The first-order chi connectivity index (χ1) is 13.0. The number of nitrogens with one attached hydrogen (secondary N) is 1. The average molecular weight is 368 g/mol. The summed E-state index contributed by atoms with van der Waals surface area (Å²) in [5, 5.41) is 2.88. The van der Waals surface area contributed by atoms with Crippen molar-refractivity contribution in [2.24, 2.45) is 5.92 Å². The molecule has 0 saturated carbocycles. The molecule has 1 aliphatic heterocycles. The highest BCUT2D eigenvalue weighted by Crippen LogP contribution is 2.21. The highest BCUT2D eigenvalue weighted by atomic mass is 19.1. The Morgan fingerprint density at radius 2 is 1.81 bits per heavy atom. The van der Waals surface area contributed by atoms with Crippen molar-refractivity contribution in [3.05, 3.63) is 71.0 Å². The van der Waals surface area contributed by atoms with Gasteiger partial charge in [-0.25, -0.2) is 4.39 Å². The van der Waals surface area contributed by atoms with E-state index in [1.54, 1.807) is 19.1 Å². The van der Waals surface area contributed by atoms with Crippen LogP contribution >= 0.6 is 0 Å². The topological polar surface area (TPSA) is 49.4 Å². The number of Topliss-reactive ketones (excluding diaryl/α,β-unsaturated/α-hetero) is 1. The van der Waals surface area contributed by atoms with Crippen LogP contribution in [0.2, 0.25) is 0 Å². The van der Waals surface area contributed by atoms with Crippen molar-refractivity contribution in [3.8, 4) is 0 Å². The number of carbonyl (C=O) groups is 2. The van der Waals surface area contributed by atoms with Crippen molar-refractivity contribution in [2.75, 3.05) is 19.6 Å². The number of amides is 1. The standard InChI is InChI=1S/C22H25FN2O2/c1-16-13-17(7-8-20(16)23)14-24-21(26)15-25-11-9-19(10-12-25)22(27)18-5-3-2-4-6-18/h2-8,13,19H,9-12,14-15H2,1H3,(H,24,26). The molecule has 4 nitrogen and oxygen atoms in total. The molecule has 5 heteroatoms. The quantitative estimate of drug-likeness (QED) is 0.796. The summed E-state index contributed by atoms with van der Waals surface area (Å²) in [6.07, 6.45) is 1.55. The zero-order valence-corrected chi connectivity index (χ0v) is 15.6. The maximum atomic E-state index is 13.3. The van der Waals surface area contributed by atoms with Gasteiger partial charge in [-0.2, -0.15) is 0 Å². The van der Waals surface area contributed by atoms with Crippen molar-refractivity contribution in [1.82, 2.24) is 10.2 Å². The largest absolute Gasteiger partial charge is 0.351 e. The van der Waals surface area contributed by atoms with Crippen molar-refractivity contribution >= 4 is 11.7 Å². The number of piperidine rings is 1. The van der Waals surface area contributed by atoms with Crippen LogP contribution in [0.5, 0.6) is 0 Å². The van der Waals surface area contributed by atoms with Crippen molar-refractivity contribution < 1.29 is 14.0 Å². The number of carbonyl (C=O) groups excluding carboxylic acids is 2. The third-order valence-corrected chi connectivity index (χ3v) is 5.10. The molecule has 0 unspecified atom stereocenters. The monoisotopic (exact) mass is 368 g/mol. The fraction of sp³-hybridized carbons (Fsp3) is 0.364. The van der Waals surface area contributed by atoms with Crippen LogP contribution in [0, 0.1) is 18.7 Å². The van der Waals surface area contributed by atoms with Gasteiger partial charge in [0.15, 0.2) is 5.78 Å². The van der Waals surface area contributed by atoms with Gasteiger partial charge in [0.05, 0.1) is 6.54 Å². The second-order valence-corrected chi connectivity index (χ2v) is 7.14. The van der Waals surface area contributed by atoms with Crippen LogP contribution in [0.1, 0.15) is 34.3 Å². The van der Waals surface area contributed by atoms with Crippen LogP contribution in [-0.4, -0.2) is 36.2 Å². The number of hydrogen-bond donors (Lipinski definition) is 1. The zero-order chi connectivity index (χ0) is 19.2. The predicted molar refractivity (Wildman–Crippen MR) is 103 cm³/mol. The molecule has 2 aromatic carbocycles. The average Bonchev–Trinajstić information content (AvgIpc) is 2.69. The molecule has 0 bridgehead atoms. The fourth-order valence-electron chi connectivity index (χ4n) is 3.47. The third kappa shape index (κ3) is 5.23. The summed E-state index contributed by atoms with van der Waals surface area (Å²) in [7, 11) is 0. The number of aryl methyl sites for hydroxylation is 1. The molecular formula is C22H25FN2O2. The SMILES string of the molecule is Cc1cc(CNC(=O)CN2CCC(C(=O)c3ccccc3)CC2)ccc1F. The molecule has 1 fully saturated rings. The molecule has 0 atom stereocenters. The zero-order valence-electron chi connectivity index (χ0n) is 15.6. The number of likely N-dealkylation sites (tertiary alicyclic amines) is 1. The maximum Gasteiger partial charge on any atom is 0.234 e. The summed E-state index contributed by atoms with van der Waals surface area (Å²) in [4.78, 5) is 26.8. The molecule has 142 valence electrons. The predicted octanol–water partition coefficient (Wildman–Crippen LogP) is 3.35. The van der Waals surface area contributed by atoms with Crippen molar-refractivity contribution in [3.63, 3.8) is 0 Å². The molecule has 3 rings (SSSR count). The summed E-state index contributed by atoms with van der Waals surface area (Å²) in [6.45, 7) is 3.91. The Bertz CT molecular complexity index is 799. The Kier molecular flexibility index (Phi) is 6.35. The van der Waals surface area contributed by atoms with Crippen molar-refractivity contribution in [2.45, 2.75) is 26.3 Å². The summed E-state index contributed by atoms with van der Waals surface area (Å²) >= 11 is 0. The van der Waals surface area contributed by atoms with E-state index in [1.807, 2.05) is 30.3 Å². The molecule has 1 saturated heterocycles. The van der Waals surface area contributed by atoms with E-state index in [0.29, 0.717) is 18.7 Å². The van der Waals surface area contributed by atoms with E-state index < -0.39 is 0 Å². The van der Waals surface area contributed by atoms with Gasteiger partial charge in [0.25, 0.3) is 0 Å². The van der Waals surface area contributed by atoms with E-state index in [0.717, 1.165) is 37.1 Å². The Morgan fingerprint density at radius 1 is 1.11 bits per heavy atom. The van der Waals surface area contributed by atoms with Gasteiger partial charge in [-0.1, -0.05) is 42.5 Å².